The summed E-state index contributed by atoms with van der Waals surface area (Å²) in [6, 6.07) is 12.2. The van der Waals surface area contributed by atoms with Crippen LogP contribution in [0.5, 0.6) is 0 Å². The average Bonchev–Trinajstić information content (AvgIpc) is 3.14. The van der Waals surface area contributed by atoms with Crippen LogP contribution < -0.4 is 4.90 Å². The van der Waals surface area contributed by atoms with Crippen molar-refractivity contribution in [3.05, 3.63) is 64.9 Å². The van der Waals surface area contributed by atoms with Crippen LogP contribution in [0.15, 0.2) is 54.3 Å². The fourth-order valence-electron chi connectivity index (χ4n) is 2.85. The summed E-state index contributed by atoms with van der Waals surface area (Å²) < 4.78 is 39.8. The minimum Gasteiger partial charge on any atom is -0.510 e. The molecular formula is C18H12F3N3OS. The Balaban J connectivity index is 1.71. The number of aromatic nitrogens is 1. The number of nitrogens with zero attached hydrogens (tertiary/aromatic N) is 2. The highest BCUT2D eigenvalue weighted by molar-refractivity contribution is 7.19. The van der Waals surface area contributed by atoms with Crippen molar-refractivity contribution in [3.63, 3.8) is 0 Å². The van der Waals surface area contributed by atoms with Crippen LogP contribution in [0.1, 0.15) is 10.6 Å². The van der Waals surface area contributed by atoms with Crippen LogP contribution in [0.2, 0.25) is 0 Å². The Kier molecular flexibility index (Phi) is 3.73. The number of amidine groups is 1. The standard InChI is InChI=1S/C18H12F3N3OS/c19-18(20,21)10-4-3-5-11(8-10)24-9-13(25)15(16(24)22)17-23-12-6-1-2-7-14(12)26-17/h1-8,22,25H,9H2. The number of halogens is 3. The van der Waals surface area contributed by atoms with Gasteiger partial charge in [-0.1, -0.05) is 18.2 Å². The molecule has 0 saturated carbocycles. The molecule has 2 heterocycles. The lowest BCUT2D eigenvalue weighted by Crippen LogP contribution is -2.26. The topological polar surface area (TPSA) is 60.2 Å². The highest BCUT2D eigenvalue weighted by Crippen LogP contribution is 2.37. The maximum absolute atomic E-state index is 12.9. The van der Waals surface area contributed by atoms with Crippen molar-refractivity contribution >= 4 is 38.6 Å². The third-order valence-corrected chi connectivity index (χ3v) is 5.15. The molecule has 0 atom stereocenters. The molecule has 2 aromatic carbocycles. The zero-order valence-corrected chi connectivity index (χ0v) is 14.0. The number of thiazole rings is 1. The van der Waals surface area contributed by atoms with Crippen molar-refractivity contribution in [2.45, 2.75) is 6.18 Å². The number of aliphatic hydroxyl groups excluding tert-OH is 1. The Morgan fingerprint density at radius 1 is 1.12 bits per heavy atom. The van der Waals surface area contributed by atoms with Crippen LogP contribution in [-0.2, 0) is 6.18 Å². The molecule has 8 heteroatoms. The first-order valence-electron chi connectivity index (χ1n) is 7.66. The third kappa shape index (κ3) is 2.72. The number of aliphatic hydroxyl groups is 1. The largest absolute Gasteiger partial charge is 0.510 e. The number of para-hydroxylation sites is 1. The number of benzene rings is 2. The van der Waals surface area contributed by atoms with E-state index in [4.69, 9.17) is 5.41 Å². The first-order chi connectivity index (χ1) is 12.3. The average molecular weight is 375 g/mol. The molecule has 0 amide bonds. The van der Waals surface area contributed by atoms with Gasteiger partial charge in [0, 0.05) is 5.69 Å². The van der Waals surface area contributed by atoms with E-state index in [1.807, 2.05) is 24.3 Å². The molecule has 0 bridgehead atoms. The van der Waals surface area contributed by atoms with Gasteiger partial charge >= 0.3 is 6.18 Å². The first kappa shape index (κ1) is 16.6. The van der Waals surface area contributed by atoms with E-state index in [1.54, 1.807) is 0 Å². The van der Waals surface area contributed by atoms with Gasteiger partial charge in [-0.2, -0.15) is 13.2 Å². The van der Waals surface area contributed by atoms with Gasteiger partial charge in [0.25, 0.3) is 0 Å². The fraction of sp³-hybridized carbons (Fsp3) is 0.111. The summed E-state index contributed by atoms with van der Waals surface area (Å²) in [4.78, 5) is 5.77. The summed E-state index contributed by atoms with van der Waals surface area (Å²) in [7, 11) is 0. The summed E-state index contributed by atoms with van der Waals surface area (Å²) >= 11 is 1.33. The highest BCUT2D eigenvalue weighted by atomic mass is 32.1. The van der Waals surface area contributed by atoms with E-state index in [2.05, 4.69) is 4.98 Å². The van der Waals surface area contributed by atoms with Gasteiger partial charge in [-0.05, 0) is 30.3 Å². The zero-order chi connectivity index (χ0) is 18.5. The quantitative estimate of drug-likeness (QED) is 0.657. The summed E-state index contributed by atoms with van der Waals surface area (Å²) in [5.74, 6) is -0.146. The Bertz CT molecular complexity index is 1020. The number of alkyl halides is 3. The normalized spacial score (nSPS) is 15.3. The highest BCUT2D eigenvalue weighted by Gasteiger charge is 2.34. The van der Waals surface area contributed by atoms with Crippen LogP contribution in [0.4, 0.5) is 18.9 Å². The van der Waals surface area contributed by atoms with Crippen LogP contribution in [0.25, 0.3) is 15.8 Å². The molecule has 1 aliphatic rings. The SMILES string of the molecule is N=C1C(c2nc3ccccc3s2)=C(O)CN1c1cccc(C(F)(F)F)c1. The lowest BCUT2D eigenvalue weighted by atomic mass is 10.2. The van der Waals surface area contributed by atoms with E-state index in [0.717, 1.165) is 22.3 Å². The number of hydrogen-bond donors (Lipinski definition) is 2. The molecule has 0 saturated heterocycles. The predicted octanol–water partition coefficient (Wildman–Crippen LogP) is 5.08. The number of rotatable bonds is 2. The van der Waals surface area contributed by atoms with Gasteiger partial charge in [0.1, 0.15) is 16.6 Å². The number of hydrogen-bond acceptors (Lipinski definition) is 4. The molecule has 2 N–H and O–H groups in total. The van der Waals surface area contributed by atoms with E-state index in [-0.39, 0.29) is 29.4 Å². The Labute approximate surface area is 150 Å². The van der Waals surface area contributed by atoms with Crippen molar-refractivity contribution < 1.29 is 18.3 Å². The zero-order valence-electron chi connectivity index (χ0n) is 13.2. The number of anilines is 1. The Hall–Kier alpha value is -2.87. The van der Waals surface area contributed by atoms with Crippen molar-refractivity contribution in [1.82, 2.24) is 4.98 Å². The summed E-state index contributed by atoms with van der Waals surface area (Å²) in [6.07, 6.45) is -4.47. The van der Waals surface area contributed by atoms with Crippen molar-refractivity contribution in [2.24, 2.45) is 0 Å². The second kappa shape index (κ2) is 5.84. The van der Waals surface area contributed by atoms with Crippen LogP contribution >= 0.6 is 11.3 Å². The smallest absolute Gasteiger partial charge is 0.416 e. The van der Waals surface area contributed by atoms with E-state index < -0.39 is 11.7 Å². The van der Waals surface area contributed by atoms with Gasteiger partial charge in [-0.15, -0.1) is 11.3 Å². The fourth-order valence-corrected chi connectivity index (χ4v) is 3.89. The first-order valence-corrected chi connectivity index (χ1v) is 8.48. The second-order valence-corrected chi connectivity index (χ2v) is 6.82. The van der Waals surface area contributed by atoms with Gasteiger partial charge in [0.2, 0.25) is 0 Å². The molecule has 4 nitrogen and oxygen atoms in total. The van der Waals surface area contributed by atoms with E-state index in [1.165, 1.54) is 28.4 Å². The van der Waals surface area contributed by atoms with E-state index >= 15 is 0 Å². The molecule has 0 aliphatic carbocycles. The molecule has 0 spiro atoms. The van der Waals surface area contributed by atoms with Gasteiger partial charge in [0.15, 0.2) is 0 Å². The third-order valence-electron chi connectivity index (χ3n) is 4.10. The van der Waals surface area contributed by atoms with Crippen LogP contribution in [-0.4, -0.2) is 22.5 Å². The second-order valence-electron chi connectivity index (χ2n) is 5.79. The molecule has 26 heavy (non-hydrogen) atoms. The van der Waals surface area contributed by atoms with Gasteiger partial charge in [-0.3, -0.25) is 5.41 Å². The number of nitrogens with one attached hydrogen (secondary N) is 1. The maximum Gasteiger partial charge on any atom is 0.416 e. The van der Waals surface area contributed by atoms with Crippen LogP contribution in [0.3, 0.4) is 0 Å². The summed E-state index contributed by atoms with van der Waals surface area (Å²) in [5, 5.41) is 19.2. The minimum atomic E-state index is -4.47. The molecular weight excluding hydrogens is 363 g/mol. The Morgan fingerprint density at radius 3 is 2.62 bits per heavy atom. The summed E-state index contributed by atoms with van der Waals surface area (Å²) in [6.45, 7) is -0.0641. The van der Waals surface area contributed by atoms with Crippen molar-refractivity contribution in [3.8, 4) is 0 Å². The molecule has 0 radical (unpaired) electrons. The van der Waals surface area contributed by atoms with Crippen molar-refractivity contribution in [2.75, 3.05) is 11.4 Å². The number of fused-ring (bicyclic) bond motifs is 1. The lowest BCUT2D eigenvalue weighted by molar-refractivity contribution is -0.137. The lowest BCUT2D eigenvalue weighted by Gasteiger charge is -2.20. The minimum absolute atomic E-state index is 0.0641. The van der Waals surface area contributed by atoms with Crippen LogP contribution in [0, 0.1) is 5.41 Å². The van der Waals surface area contributed by atoms with E-state index in [0.29, 0.717) is 5.01 Å². The maximum atomic E-state index is 12.9. The molecule has 1 aliphatic heterocycles. The van der Waals surface area contributed by atoms with E-state index in [9.17, 15) is 18.3 Å². The predicted molar refractivity (Wildman–Crippen MR) is 95.7 cm³/mol. The monoisotopic (exact) mass is 375 g/mol. The molecule has 0 fully saturated rings. The Morgan fingerprint density at radius 2 is 1.88 bits per heavy atom. The van der Waals surface area contributed by atoms with Crippen molar-refractivity contribution in [1.29, 1.82) is 5.41 Å². The summed E-state index contributed by atoms with van der Waals surface area (Å²) in [5.41, 5.74) is 0.407. The van der Waals surface area contributed by atoms with Gasteiger partial charge in [0.05, 0.1) is 27.9 Å². The van der Waals surface area contributed by atoms with Gasteiger partial charge in [-0.25, -0.2) is 4.98 Å². The van der Waals surface area contributed by atoms with Gasteiger partial charge < -0.3 is 10.0 Å². The molecule has 3 aromatic rings. The molecule has 4 rings (SSSR count). The molecule has 132 valence electrons. The molecule has 0 unspecified atom stereocenters. The molecule has 1 aromatic heterocycles.